The van der Waals surface area contributed by atoms with E-state index in [9.17, 15) is 19.3 Å². The molecule has 0 aliphatic carbocycles. The molecule has 118 valence electrons. The zero-order valence-corrected chi connectivity index (χ0v) is 11.8. The molecule has 7 heteroatoms. The summed E-state index contributed by atoms with van der Waals surface area (Å²) in [5.41, 5.74) is 0.753. The Bertz CT molecular complexity index is 756. The number of carboxylic acid groups (broad SMARTS) is 1. The molecule has 0 amide bonds. The van der Waals surface area contributed by atoms with E-state index in [0.29, 0.717) is 11.1 Å². The van der Waals surface area contributed by atoms with Crippen LogP contribution in [0.2, 0.25) is 0 Å². The van der Waals surface area contributed by atoms with Crippen molar-refractivity contribution in [3.8, 4) is 5.75 Å². The highest BCUT2D eigenvalue weighted by Gasteiger charge is 2.15. The van der Waals surface area contributed by atoms with E-state index in [1.54, 1.807) is 0 Å². The molecule has 0 atom stereocenters. The van der Waals surface area contributed by atoms with Crippen LogP contribution in [0.4, 0.5) is 10.1 Å². The molecule has 0 saturated heterocycles. The van der Waals surface area contributed by atoms with E-state index in [4.69, 9.17) is 9.84 Å². The minimum Gasteiger partial charge on any atom is -0.482 e. The number of aliphatic carboxylic acids is 1. The van der Waals surface area contributed by atoms with Gasteiger partial charge in [-0.25, -0.2) is 9.18 Å². The van der Waals surface area contributed by atoms with Crippen molar-refractivity contribution in [3.63, 3.8) is 0 Å². The first kappa shape index (κ1) is 16.2. The van der Waals surface area contributed by atoms with Crippen molar-refractivity contribution in [2.24, 2.45) is 0 Å². The molecule has 2 rings (SSSR count). The average Bonchev–Trinajstić information content (AvgIpc) is 2.52. The molecular weight excluding hydrogens is 305 g/mol. The Kier molecular flexibility index (Phi) is 5.03. The monoisotopic (exact) mass is 317 g/mol. The number of ether oxygens (including phenoxy) is 1. The first-order valence-corrected chi connectivity index (χ1v) is 6.52. The maximum atomic E-state index is 12.8. The minimum atomic E-state index is -1.15. The second-order valence-electron chi connectivity index (χ2n) is 4.57. The van der Waals surface area contributed by atoms with Gasteiger partial charge in [0.1, 0.15) is 12.4 Å². The van der Waals surface area contributed by atoms with Gasteiger partial charge in [0.15, 0.2) is 5.75 Å². The number of nitro benzene ring substituents is 1. The topological polar surface area (TPSA) is 89.7 Å². The molecule has 0 spiro atoms. The largest absolute Gasteiger partial charge is 0.482 e. The average molecular weight is 317 g/mol. The predicted molar refractivity (Wildman–Crippen MR) is 80.5 cm³/mol. The Hall–Kier alpha value is -3.22. The van der Waals surface area contributed by atoms with Crippen LogP contribution in [0.15, 0.2) is 48.5 Å². The lowest BCUT2D eigenvalue weighted by molar-refractivity contribution is -0.386. The van der Waals surface area contributed by atoms with Crippen molar-refractivity contribution < 1.29 is 24.0 Å². The highest BCUT2D eigenvalue weighted by atomic mass is 19.1. The van der Waals surface area contributed by atoms with Gasteiger partial charge in [0.05, 0.1) is 4.92 Å². The predicted octanol–water partition coefficient (Wildman–Crippen LogP) is 3.41. The molecule has 0 heterocycles. The van der Waals surface area contributed by atoms with Crippen LogP contribution in [0.5, 0.6) is 5.75 Å². The van der Waals surface area contributed by atoms with Gasteiger partial charge in [0.2, 0.25) is 0 Å². The van der Waals surface area contributed by atoms with Crippen molar-refractivity contribution in [2.45, 2.75) is 6.61 Å². The van der Waals surface area contributed by atoms with E-state index >= 15 is 0 Å². The van der Waals surface area contributed by atoms with Gasteiger partial charge in [-0.3, -0.25) is 10.1 Å². The maximum Gasteiger partial charge on any atom is 0.328 e. The summed E-state index contributed by atoms with van der Waals surface area (Å²) >= 11 is 0. The molecule has 0 aromatic heterocycles. The summed E-state index contributed by atoms with van der Waals surface area (Å²) < 4.78 is 18.2. The van der Waals surface area contributed by atoms with Crippen molar-refractivity contribution >= 4 is 17.7 Å². The van der Waals surface area contributed by atoms with Gasteiger partial charge in [-0.1, -0.05) is 18.2 Å². The van der Waals surface area contributed by atoms with Crippen LogP contribution in [-0.4, -0.2) is 16.0 Å². The zero-order valence-electron chi connectivity index (χ0n) is 11.8. The zero-order chi connectivity index (χ0) is 16.8. The lowest BCUT2D eigenvalue weighted by atomic mass is 10.1. The summed E-state index contributed by atoms with van der Waals surface area (Å²) in [6, 6.07) is 9.70. The third-order valence-electron chi connectivity index (χ3n) is 2.91. The third-order valence-corrected chi connectivity index (χ3v) is 2.91. The molecule has 2 aromatic rings. The molecule has 6 nitrogen and oxygen atoms in total. The Morgan fingerprint density at radius 1 is 1.26 bits per heavy atom. The smallest absolute Gasteiger partial charge is 0.328 e. The Labute approximate surface area is 130 Å². The van der Waals surface area contributed by atoms with E-state index in [0.717, 1.165) is 6.08 Å². The van der Waals surface area contributed by atoms with Gasteiger partial charge in [-0.15, -0.1) is 0 Å². The second kappa shape index (κ2) is 7.17. The summed E-state index contributed by atoms with van der Waals surface area (Å²) in [6.07, 6.45) is 2.14. The molecule has 0 aliphatic rings. The fraction of sp³-hybridized carbons (Fsp3) is 0.0625. The molecule has 0 unspecified atom stereocenters. The summed E-state index contributed by atoms with van der Waals surface area (Å²) in [4.78, 5) is 21.0. The summed E-state index contributed by atoms with van der Waals surface area (Å²) in [5, 5.41) is 19.7. The third kappa shape index (κ3) is 4.63. The lowest BCUT2D eigenvalue weighted by Gasteiger charge is -2.07. The molecule has 0 radical (unpaired) electrons. The Balaban J connectivity index is 2.19. The van der Waals surface area contributed by atoms with E-state index in [1.807, 2.05) is 0 Å². The fourth-order valence-corrected chi connectivity index (χ4v) is 1.81. The SMILES string of the molecule is O=C(O)/C=C\c1ccc(OCc2ccc(F)cc2)c([N+](=O)[O-])c1. The van der Waals surface area contributed by atoms with Gasteiger partial charge >= 0.3 is 11.7 Å². The summed E-state index contributed by atoms with van der Waals surface area (Å²) in [7, 11) is 0. The Morgan fingerprint density at radius 3 is 2.57 bits per heavy atom. The van der Waals surface area contributed by atoms with E-state index < -0.39 is 10.9 Å². The van der Waals surface area contributed by atoms with E-state index in [-0.39, 0.29) is 23.9 Å². The van der Waals surface area contributed by atoms with Crippen LogP contribution in [0.1, 0.15) is 11.1 Å². The second-order valence-corrected chi connectivity index (χ2v) is 4.57. The van der Waals surface area contributed by atoms with E-state index in [2.05, 4.69) is 0 Å². The fourth-order valence-electron chi connectivity index (χ4n) is 1.81. The van der Waals surface area contributed by atoms with Crippen LogP contribution < -0.4 is 4.74 Å². The lowest BCUT2D eigenvalue weighted by Crippen LogP contribution is -1.99. The standard InChI is InChI=1S/C16H12FNO5/c17-13-5-1-12(2-6-13)10-23-15-7-3-11(4-8-16(19)20)9-14(15)18(21)22/h1-9H,10H2,(H,19,20)/b8-4-. The van der Waals surface area contributed by atoms with Gasteiger partial charge in [-0.05, 0) is 35.4 Å². The number of nitrogens with zero attached hydrogens (tertiary/aromatic N) is 1. The van der Waals surface area contributed by atoms with Gasteiger partial charge in [-0.2, -0.15) is 0 Å². The van der Waals surface area contributed by atoms with Crippen LogP contribution in [0.25, 0.3) is 6.08 Å². The minimum absolute atomic E-state index is 0.0471. The molecule has 23 heavy (non-hydrogen) atoms. The maximum absolute atomic E-state index is 12.8. The molecule has 0 bridgehead atoms. The van der Waals surface area contributed by atoms with Gasteiger partial charge in [0, 0.05) is 12.1 Å². The number of benzene rings is 2. The van der Waals surface area contributed by atoms with Crippen molar-refractivity contribution in [1.29, 1.82) is 0 Å². The first-order valence-electron chi connectivity index (χ1n) is 6.52. The number of halogens is 1. The number of carboxylic acids is 1. The molecule has 0 fully saturated rings. The van der Waals surface area contributed by atoms with Gasteiger partial charge in [0.25, 0.3) is 0 Å². The molecule has 2 aromatic carbocycles. The van der Waals surface area contributed by atoms with Gasteiger partial charge < -0.3 is 9.84 Å². The van der Waals surface area contributed by atoms with Crippen molar-refractivity contribution in [2.75, 3.05) is 0 Å². The normalized spacial score (nSPS) is 10.7. The summed E-state index contributed by atoms with van der Waals surface area (Å²) in [5.74, 6) is -1.48. The quantitative estimate of drug-likeness (QED) is 0.501. The van der Waals surface area contributed by atoms with E-state index in [1.165, 1.54) is 48.5 Å². The molecular formula is C16H12FNO5. The number of hydrogen-bond donors (Lipinski definition) is 1. The van der Waals surface area contributed by atoms with Crippen LogP contribution in [-0.2, 0) is 11.4 Å². The molecule has 0 saturated carbocycles. The van der Waals surface area contributed by atoms with Crippen LogP contribution >= 0.6 is 0 Å². The van der Waals surface area contributed by atoms with Crippen LogP contribution in [0, 0.1) is 15.9 Å². The Morgan fingerprint density at radius 2 is 1.96 bits per heavy atom. The first-order chi connectivity index (χ1) is 11.0. The number of rotatable bonds is 6. The number of hydrogen-bond acceptors (Lipinski definition) is 4. The highest BCUT2D eigenvalue weighted by molar-refractivity contribution is 5.85. The molecule has 0 aliphatic heterocycles. The van der Waals surface area contributed by atoms with Crippen molar-refractivity contribution in [3.05, 3.63) is 75.6 Å². The van der Waals surface area contributed by atoms with Crippen LogP contribution in [0.3, 0.4) is 0 Å². The van der Waals surface area contributed by atoms with Crippen molar-refractivity contribution in [1.82, 2.24) is 0 Å². The summed E-state index contributed by atoms with van der Waals surface area (Å²) in [6.45, 7) is 0.0471. The highest BCUT2D eigenvalue weighted by Crippen LogP contribution is 2.29. The number of nitro groups is 1. The molecule has 1 N–H and O–H groups in total. The number of carbonyl (C=O) groups is 1.